The van der Waals surface area contributed by atoms with Gasteiger partial charge in [-0.2, -0.15) is 15.0 Å². The summed E-state index contributed by atoms with van der Waals surface area (Å²) >= 11 is 7.33. The van der Waals surface area contributed by atoms with Gasteiger partial charge in [0.1, 0.15) is 11.6 Å². The molecule has 0 aliphatic carbocycles. The summed E-state index contributed by atoms with van der Waals surface area (Å²) in [5.41, 5.74) is 7.69. The van der Waals surface area contributed by atoms with Crippen molar-refractivity contribution < 1.29 is 4.74 Å². The van der Waals surface area contributed by atoms with Crippen molar-refractivity contribution in [2.45, 2.75) is 17.5 Å². The van der Waals surface area contributed by atoms with Crippen LogP contribution in [0.2, 0.25) is 5.02 Å². The Bertz CT molecular complexity index is 1150. The van der Waals surface area contributed by atoms with E-state index in [2.05, 4.69) is 35.8 Å². The molecule has 0 unspecified atom stereocenters. The summed E-state index contributed by atoms with van der Waals surface area (Å²) in [6.45, 7) is 0.530. The third-order valence-corrected chi connectivity index (χ3v) is 5.33. The van der Waals surface area contributed by atoms with Crippen LogP contribution in [0.4, 0.5) is 17.6 Å². The predicted molar refractivity (Wildman–Crippen MR) is 118 cm³/mol. The van der Waals surface area contributed by atoms with E-state index in [-0.39, 0.29) is 5.95 Å². The van der Waals surface area contributed by atoms with Crippen molar-refractivity contribution in [3.8, 4) is 5.75 Å². The number of thioether (sulfide) groups is 1. The topological polar surface area (TPSA) is 130 Å². The Hall–Kier alpha value is -3.44. The number of nitrogen functional groups attached to an aromatic ring is 1. The second-order valence-electron chi connectivity index (χ2n) is 6.32. The maximum Gasteiger partial charge on any atom is 0.232 e. The summed E-state index contributed by atoms with van der Waals surface area (Å²) in [6, 6.07) is 14.9. The molecule has 0 atom stereocenters. The maximum absolute atomic E-state index is 5.92. The highest BCUT2D eigenvalue weighted by atomic mass is 35.5. The van der Waals surface area contributed by atoms with Gasteiger partial charge in [-0.3, -0.25) is 0 Å². The molecule has 10 nitrogen and oxygen atoms in total. The molecule has 4 aromatic rings. The normalized spacial score (nSPS) is 10.8. The van der Waals surface area contributed by atoms with E-state index in [1.165, 1.54) is 11.8 Å². The summed E-state index contributed by atoms with van der Waals surface area (Å²) in [5, 5.41) is 16.3. The van der Waals surface area contributed by atoms with Crippen LogP contribution < -0.4 is 15.8 Å². The van der Waals surface area contributed by atoms with Gasteiger partial charge in [0.25, 0.3) is 0 Å². The minimum Gasteiger partial charge on any atom is -0.497 e. The van der Waals surface area contributed by atoms with Gasteiger partial charge in [-0.05, 0) is 52.4 Å². The summed E-state index contributed by atoms with van der Waals surface area (Å²) in [4.78, 5) is 12.8. The van der Waals surface area contributed by atoms with Crippen molar-refractivity contribution in [3.63, 3.8) is 0 Å². The number of rotatable bonds is 8. The SMILES string of the molecule is COc1ccc(Cn2nnnc2SCc2nc(N)nc(Nc3ccc(Cl)cc3)n2)cc1. The fourth-order valence-electron chi connectivity index (χ4n) is 2.65. The lowest BCUT2D eigenvalue weighted by Crippen LogP contribution is -2.07. The average molecular weight is 456 g/mol. The molecule has 0 radical (unpaired) electrons. The van der Waals surface area contributed by atoms with Gasteiger partial charge in [-0.25, -0.2) is 4.68 Å². The van der Waals surface area contributed by atoms with Crippen LogP contribution in [-0.4, -0.2) is 42.3 Å². The number of halogens is 1. The Balaban J connectivity index is 1.43. The summed E-state index contributed by atoms with van der Waals surface area (Å²) in [6.07, 6.45) is 0. The number of hydrogen-bond acceptors (Lipinski definition) is 10. The quantitative estimate of drug-likeness (QED) is 0.382. The molecule has 2 aromatic heterocycles. The van der Waals surface area contributed by atoms with Crippen LogP contribution in [0.5, 0.6) is 5.75 Å². The van der Waals surface area contributed by atoms with E-state index in [4.69, 9.17) is 22.1 Å². The van der Waals surface area contributed by atoms with E-state index in [0.29, 0.717) is 34.2 Å². The number of hydrogen-bond donors (Lipinski definition) is 2. The van der Waals surface area contributed by atoms with Gasteiger partial charge in [0.15, 0.2) is 0 Å². The van der Waals surface area contributed by atoms with E-state index in [9.17, 15) is 0 Å². The zero-order valence-corrected chi connectivity index (χ0v) is 18.0. The van der Waals surface area contributed by atoms with Crippen molar-refractivity contribution in [2.75, 3.05) is 18.2 Å². The van der Waals surface area contributed by atoms with E-state index in [1.54, 1.807) is 23.9 Å². The van der Waals surface area contributed by atoms with Gasteiger partial charge in [0.2, 0.25) is 17.1 Å². The first-order chi connectivity index (χ1) is 15.1. The molecule has 3 N–H and O–H groups in total. The number of methoxy groups -OCH3 is 1. The Kier molecular flexibility index (Phi) is 6.43. The Morgan fingerprint density at radius 3 is 2.58 bits per heavy atom. The molecule has 0 aliphatic heterocycles. The molecule has 0 bridgehead atoms. The van der Waals surface area contributed by atoms with Crippen molar-refractivity contribution in [1.82, 2.24) is 35.2 Å². The summed E-state index contributed by atoms with van der Waals surface area (Å²) < 4.78 is 6.90. The molecule has 0 saturated carbocycles. The first-order valence-electron chi connectivity index (χ1n) is 9.14. The third kappa shape index (κ3) is 5.58. The molecular formula is C19H18ClN9OS. The molecule has 31 heavy (non-hydrogen) atoms. The van der Waals surface area contributed by atoms with Crippen LogP contribution in [0.3, 0.4) is 0 Å². The zero-order valence-electron chi connectivity index (χ0n) is 16.4. The number of ether oxygens (including phenoxy) is 1. The summed E-state index contributed by atoms with van der Waals surface area (Å²) in [7, 11) is 1.63. The van der Waals surface area contributed by atoms with Crippen LogP contribution in [0.15, 0.2) is 53.7 Å². The molecule has 2 heterocycles. The van der Waals surface area contributed by atoms with Crippen molar-refractivity contribution in [3.05, 3.63) is 64.9 Å². The summed E-state index contributed by atoms with van der Waals surface area (Å²) in [5.74, 6) is 2.20. The van der Waals surface area contributed by atoms with Crippen LogP contribution in [0.1, 0.15) is 11.4 Å². The number of nitrogens with one attached hydrogen (secondary N) is 1. The Morgan fingerprint density at radius 1 is 1.06 bits per heavy atom. The van der Waals surface area contributed by atoms with Gasteiger partial charge in [-0.15, -0.1) is 5.10 Å². The molecule has 0 aliphatic rings. The fraction of sp³-hybridized carbons (Fsp3) is 0.158. The molecule has 2 aromatic carbocycles. The molecule has 4 rings (SSSR count). The van der Waals surface area contributed by atoms with Crippen molar-refractivity contribution >= 4 is 40.9 Å². The van der Waals surface area contributed by atoms with E-state index >= 15 is 0 Å². The maximum atomic E-state index is 5.92. The molecule has 0 fully saturated rings. The first kappa shape index (κ1) is 20.8. The third-order valence-electron chi connectivity index (χ3n) is 4.12. The minimum absolute atomic E-state index is 0.125. The lowest BCUT2D eigenvalue weighted by atomic mass is 10.2. The van der Waals surface area contributed by atoms with Crippen LogP contribution in [0.25, 0.3) is 0 Å². The highest BCUT2D eigenvalue weighted by molar-refractivity contribution is 7.98. The lowest BCUT2D eigenvalue weighted by Gasteiger charge is -2.08. The molecule has 0 spiro atoms. The van der Waals surface area contributed by atoms with Crippen LogP contribution >= 0.6 is 23.4 Å². The smallest absolute Gasteiger partial charge is 0.232 e. The number of aromatic nitrogens is 7. The fourth-order valence-corrected chi connectivity index (χ4v) is 3.51. The predicted octanol–water partition coefficient (Wildman–Crippen LogP) is 3.19. The van der Waals surface area contributed by atoms with Gasteiger partial charge in [0, 0.05) is 10.7 Å². The highest BCUT2D eigenvalue weighted by Crippen LogP contribution is 2.22. The van der Waals surface area contributed by atoms with E-state index < -0.39 is 0 Å². The monoisotopic (exact) mass is 455 g/mol. The zero-order chi connectivity index (χ0) is 21.6. The van der Waals surface area contributed by atoms with E-state index in [1.807, 2.05) is 36.4 Å². The highest BCUT2D eigenvalue weighted by Gasteiger charge is 2.11. The second kappa shape index (κ2) is 9.58. The molecule has 12 heteroatoms. The van der Waals surface area contributed by atoms with E-state index in [0.717, 1.165) is 17.0 Å². The first-order valence-corrected chi connectivity index (χ1v) is 10.5. The van der Waals surface area contributed by atoms with Gasteiger partial charge < -0.3 is 15.8 Å². The molecule has 158 valence electrons. The minimum atomic E-state index is 0.125. The standard InChI is InChI=1S/C19H18ClN9OS/c1-30-15-8-2-12(3-9-15)10-29-19(26-27-28-29)31-11-16-23-17(21)25-18(24-16)22-14-6-4-13(20)5-7-14/h2-9H,10-11H2,1H3,(H3,21,22,23,24,25). The largest absolute Gasteiger partial charge is 0.497 e. The van der Waals surface area contributed by atoms with Crippen LogP contribution in [0, 0.1) is 0 Å². The van der Waals surface area contributed by atoms with Gasteiger partial charge in [-0.1, -0.05) is 35.5 Å². The number of nitrogens with two attached hydrogens (primary N) is 1. The van der Waals surface area contributed by atoms with Gasteiger partial charge >= 0.3 is 0 Å². The molecule has 0 amide bonds. The Labute approximate surface area is 187 Å². The number of benzene rings is 2. The average Bonchev–Trinajstić information content (AvgIpc) is 3.21. The number of tetrazole rings is 1. The Morgan fingerprint density at radius 2 is 1.84 bits per heavy atom. The second-order valence-corrected chi connectivity index (χ2v) is 7.70. The lowest BCUT2D eigenvalue weighted by molar-refractivity contribution is 0.414. The molecule has 0 saturated heterocycles. The van der Waals surface area contributed by atoms with Gasteiger partial charge in [0.05, 0.1) is 19.4 Å². The van der Waals surface area contributed by atoms with Crippen LogP contribution in [-0.2, 0) is 12.3 Å². The molecular weight excluding hydrogens is 438 g/mol. The number of nitrogens with zero attached hydrogens (tertiary/aromatic N) is 7. The van der Waals surface area contributed by atoms with Crippen molar-refractivity contribution in [2.24, 2.45) is 0 Å². The van der Waals surface area contributed by atoms with Crippen molar-refractivity contribution in [1.29, 1.82) is 0 Å². The number of anilines is 3.